The molecule has 2 aromatic rings. The van der Waals surface area contributed by atoms with Gasteiger partial charge in [-0.2, -0.15) is 0 Å². The molecule has 0 bridgehead atoms. The van der Waals surface area contributed by atoms with E-state index in [9.17, 15) is 9.59 Å². The summed E-state index contributed by atoms with van der Waals surface area (Å²) in [6, 6.07) is 16.0. The van der Waals surface area contributed by atoms with Gasteiger partial charge in [0.15, 0.2) is 0 Å². The van der Waals surface area contributed by atoms with E-state index in [0.29, 0.717) is 22.7 Å². The number of anilines is 1. The summed E-state index contributed by atoms with van der Waals surface area (Å²) in [6.07, 6.45) is 0. The van der Waals surface area contributed by atoms with E-state index < -0.39 is 0 Å². The molecule has 0 aromatic heterocycles. The van der Waals surface area contributed by atoms with Gasteiger partial charge in [0.1, 0.15) is 0 Å². The highest BCUT2D eigenvalue weighted by Crippen LogP contribution is 2.12. The number of carbonyl (C=O) groups excluding carboxylic acids is 2. The van der Waals surface area contributed by atoms with Gasteiger partial charge >= 0.3 is 0 Å². The maximum absolute atomic E-state index is 12.1. The Labute approximate surface area is 136 Å². The number of rotatable bonds is 5. The van der Waals surface area contributed by atoms with Crippen molar-refractivity contribution in [2.45, 2.75) is 26.8 Å². The third kappa shape index (κ3) is 4.68. The third-order valence-electron chi connectivity index (χ3n) is 3.80. The van der Waals surface area contributed by atoms with Crippen LogP contribution in [0.4, 0.5) is 5.69 Å². The predicted octanol–water partition coefficient (Wildman–Crippen LogP) is 3.71. The molecule has 4 nitrogen and oxygen atoms in total. The molecule has 120 valence electrons. The molecule has 0 aliphatic heterocycles. The zero-order chi connectivity index (χ0) is 16.8. The van der Waals surface area contributed by atoms with Gasteiger partial charge in [0.25, 0.3) is 11.8 Å². The minimum absolute atomic E-state index is 0.105. The highest BCUT2D eigenvalue weighted by atomic mass is 16.2. The maximum atomic E-state index is 12.1. The Morgan fingerprint density at radius 1 is 0.783 bits per heavy atom. The standard InChI is InChI=1S/C19H22N2O2/c1-13(2)14(3)20-18(22)16-9-11-17(12-10-16)21-19(23)15-7-5-4-6-8-15/h4-14H,1-3H3,(H,20,22)(H,21,23). The minimum Gasteiger partial charge on any atom is -0.349 e. The lowest BCUT2D eigenvalue weighted by molar-refractivity contribution is 0.0930. The fourth-order valence-corrected chi connectivity index (χ4v) is 1.95. The van der Waals surface area contributed by atoms with Crippen molar-refractivity contribution >= 4 is 17.5 Å². The Hall–Kier alpha value is -2.62. The molecule has 0 aliphatic carbocycles. The first-order valence-corrected chi connectivity index (χ1v) is 7.74. The van der Waals surface area contributed by atoms with Gasteiger partial charge in [0.05, 0.1) is 0 Å². The van der Waals surface area contributed by atoms with E-state index in [1.807, 2.05) is 25.1 Å². The van der Waals surface area contributed by atoms with E-state index in [4.69, 9.17) is 0 Å². The fourth-order valence-electron chi connectivity index (χ4n) is 1.95. The van der Waals surface area contributed by atoms with Crippen LogP contribution in [-0.4, -0.2) is 17.9 Å². The number of amides is 2. The van der Waals surface area contributed by atoms with Crippen molar-refractivity contribution < 1.29 is 9.59 Å². The van der Waals surface area contributed by atoms with Crippen LogP contribution >= 0.6 is 0 Å². The van der Waals surface area contributed by atoms with Gasteiger partial charge in [0.2, 0.25) is 0 Å². The largest absolute Gasteiger partial charge is 0.349 e. The van der Waals surface area contributed by atoms with Crippen molar-refractivity contribution in [3.63, 3.8) is 0 Å². The summed E-state index contributed by atoms with van der Waals surface area (Å²) in [5.74, 6) is 0.103. The van der Waals surface area contributed by atoms with Gasteiger partial charge < -0.3 is 10.6 Å². The summed E-state index contributed by atoms with van der Waals surface area (Å²) >= 11 is 0. The van der Waals surface area contributed by atoms with Crippen LogP contribution < -0.4 is 10.6 Å². The predicted molar refractivity (Wildman–Crippen MR) is 92.6 cm³/mol. The number of hydrogen-bond acceptors (Lipinski definition) is 2. The summed E-state index contributed by atoms with van der Waals surface area (Å²) in [5, 5.41) is 5.77. The zero-order valence-corrected chi connectivity index (χ0v) is 13.7. The highest BCUT2D eigenvalue weighted by molar-refractivity contribution is 6.04. The molecular weight excluding hydrogens is 288 g/mol. The Morgan fingerprint density at radius 2 is 1.35 bits per heavy atom. The van der Waals surface area contributed by atoms with Crippen molar-refractivity contribution in [2.75, 3.05) is 5.32 Å². The average Bonchev–Trinajstić information content (AvgIpc) is 2.56. The topological polar surface area (TPSA) is 58.2 Å². The first-order chi connectivity index (χ1) is 11.0. The number of hydrogen-bond donors (Lipinski definition) is 2. The van der Waals surface area contributed by atoms with Gasteiger partial charge in [-0.25, -0.2) is 0 Å². The van der Waals surface area contributed by atoms with E-state index in [1.54, 1.807) is 36.4 Å². The molecule has 1 unspecified atom stereocenters. The van der Waals surface area contributed by atoms with E-state index in [-0.39, 0.29) is 17.9 Å². The van der Waals surface area contributed by atoms with Crippen molar-refractivity contribution in [3.8, 4) is 0 Å². The van der Waals surface area contributed by atoms with E-state index in [1.165, 1.54) is 0 Å². The molecule has 23 heavy (non-hydrogen) atoms. The number of nitrogens with one attached hydrogen (secondary N) is 2. The molecule has 4 heteroatoms. The lowest BCUT2D eigenvalue weighted by Gasteiger charge is -2.17. The van der Waals surface area contributed by atoms with Crippen LogP contribution in [0.25, 0.3) is 0 Å². The molecule has 0 saturated carbocycles. The van der Waals surface area contributed by atoms with E-state index >= 15 is 0 Å². The van der Waals surface area contributed by atoms with Crippen LogP contribution in [0.3, 0.4) is 0 Å². The molecule has 0 fully saturated rings. The second-order valence-corrected chi connectivity index (χ2v) is 5.90. The van der Waals surface area contributed by atoms with Crippen molar-refractivity contribution in [2.24, 2.45) is 5.92 Å². The lowest BCUT2D eigenvalue weighted by atomic mass is 10.1. The summed E-state index contributed by atoms with van der Waals surface area (Å²) in [6.45, 7) is 6.11. The molecular formula is C19H22N2O2. The molecule has 0 spiro atoms. The summed E-state index contributed by atoms with van der Waals surface area (Å²) in [7, 11) is 0. The Kier molecular flexibility index (Phi) is 5.52. The van der Waals surface area contributed by atoms with Crippen LogP contribution in [0.1, 0.15) is 41.5 Å². The molecule has 1 atom stereocenters. The average molecular weight is 310 g/mol. The maximum Gasteiger partial charge on any atom is 0.255 e. The molecule has 0 aliphatic rings. The van der Waals surface area contributed by atoms with Gasteiger partial charge in [0, 0.05) is 22.9 Å². The van der Waals surface area contributed by atoms with Crippen molar-refractivity contribution in [1.82, 2.24) is 5.32 Å². The number of benzene rings is 2. The van der Waals surface area contributed by atoms with E-state index in [2.05, 4.69) is 24.5 Å². The molecule has 2 aromatic carbocycles. The Balaban J connectivity index is 1.99. The second-order valence-electron chi connectivity index (χ2n) is 5.90. The van der Waals surface area contributed by atoms with Crippen molar-refractivity contribution in [3.05, 3.63) is 65.7 Å². The third-order valence-corrected chi connectivity index (χ3v) is 3.80. The molecule has 0 saturated heterocycles. The van der Waals surface area contributed by atoms with Crippen molar-refractivity contribution in [1.29, 1.82) is 0 Å². The zero-order valence-electron chi connectivity index (χ0n) is 13.7. The molecule has 2 amide bonds. The first kappa shape index (κ1) is 16.7. The Bertz CT molecular complexity index is 664. The number of carbonyl (C=O) groups is 2. The summed E-state index contributed by atoms with van der Waals surface area (Å²) < 4.78 is 0. The lowest BCUT2D eigenvalue weighted by Crippen LogP contribution is -2.36. The van der Waals surface area contributed by atoms with Gasteiger partial charge in [-0.15, -0.1) is 0 Å². The molecule has 2 rings (SSSR count). The smallest absolute Gasteiger partial charge is 0.255 e. The van der Waals surface area contributed by atoms with Gasteiger partial charge in [-0.05, 0) is 49.2 Å². The van der Waals surface area contributed by atoms with Crippen LogP contribution in [0.15, 0.2) is 54.6 Å². The minimum atomic E-state index is -0.170. The molecule has 2 N–H and O–H groups in total. The summed E-state index contributed by atoms with van der Waals surface area (Å²) in [5.41, 5.74) is 1.84. The fraction of sp³-hybridized carbons (Fsp3) is 0.263. The van der Waals surface area contributed by atoms with Gasteiger partial charge in [-0.3, -0.25) is 9.59 Å². The monoisotopic (exact) mass is 310 g/mol. The Morgan fingerprint density at radius 3 is 1.91 bits per heavy atom. The van der Waals surface area contributed by atoms with Crippen LogP contribution in [0.2, 0.25) is 0 Å². The normalized spacial score (nSPS) is 11.8. The first-order valence-electron chi connectivity index (χ1n) is 7.74. The summed E-state index contributed by atoms with van der Waals surface area (Å²) in [4.78, 5) is 24.2. The van der Waals surface area contributed by atoms with Crippen LogP contribution in [0.5, 0.6) is 0 Å². The van der Waals surface area contributed by atoms with Crippen LogP contribution in [-0.2, 0) is 0 Å². The van der Waals surface area contributed by atoms with E-state index in [0.717, 1.165) is 0 Å². The SMILES string of the molecule is CC(C)C(C)NC(=O)c1ccc(NC(=O)c2ccccc2)cc1. The second kappa shape index (κ2) is 7.58. The molecule has 0 radical (unpaired) electrons. The van der Waals surface area contributed by atoms with Gasteiger partial charge in [-0.1, -0.05) is 32.0 Å². The highest BCUT2D eigenvalue weighted by Gasteiger charge is 2.12. The quantitative estimate of drug-likeness (QED) is 0.884. The van der Waals surface area contributed by atoms with Crippen LogP contribution in [0, 0.1) is 5.92 Å². The molecule has 0 heterocycles.